The fourth-order valence-corrected chi connectivity index (χ4v) is 3.25. The van der Waals surface area contributed by atoms with Crippen molar-refractivity contribution in [1.82, 2.24) is 10.6 Å². The molecule has 0 saturated carbocycles. The van der Waals surface area contributed by atoms with Gasteiger partial charge < -0.3 is 24.8 Å². The summed E-state index contributed by atoms with van der Waals surface area (Å²) in [4.78, 5) is 26.0. The van der Waals surface area contributed by atoms with Gasteiger partial charge in [-0.2, -0.15) is 0 Å². The summed E-state index contributed by atoms with van der Waals surface area (Å²) in [5.41, 5.74) is 1.54. The minimum absolute atomic E-state index is 0.349. The van der Waals surface area contributed by atoms with Gasteiger partial charge in [-0.05, 0) is 60.5 Å². The van der Waals surface area contributed by atoms with Crippen molar-refractivity contribution in [2.24, 2.45) is 0 Å². The van der Waals surface area contributed by atoms with Crippen molar-refractivity contribution in [3.05, 3.63) is 89.5 Å². The molecule has 0 saturated heterocycles. The number of methoxy groups -OCH3 is 2. The molecule has 0 aliphatic heterocycles. The third-order valence-electron chi connectivity index (χ3n) is 5.19. The number of amides is 2. The molecular formula is C27H30N2O5. The Bertz CT molecular complexity index is 1040. The number of benzene rings is 3. The number of ether oxygens (including phenoxy) is 3. The topological polar surface area (TPSA) is 85.9 Å². The van der Waals surface area contributed by atoms with Gasteiger partial charge in [0.2, 0.25) is 0 Å². The molecule has 34 heavy (non-hydrogen) atoms. The lowest BCUT2D eigenvalue weighted by Gasteiger charge is -2.21. The van der Waals surface area contributed by atoms with E-state index in [2.05, 4.69) is 17.6 Å². The van der Waals surface area contributed by atoms with Gasteiger partial charge in [0.25, 0.3) is 11.8 Å². The first-order valence-electron chi connectivity index (χ1n) is 11.2. The van der Waals surface area contributed by atoms with Crippen LogP contribution in [0, 0.1) is 0 Å². The van der Waals surface area contributed by atoms with E-state index in [1.165, 1.54) is 14.2 Å². The standard InChI is InChI=1S/C27H30N2O5/c1-4-5-16-34-22-14-12-19(13-15-22)25(28-26(30)20-8-6-10-23(17-20)32-2)29-27(31)21-9-7-11-24(18-21)33-3/h6-15,17-18,25H,4-5,16H2,1-3H3,(H,28,30)(H,29,31). The number of unbranched alkanes of at least 4 members (excludes halogenated alkanes) is 1. The number of nitrogens with one attached hydrogen (secondary N) is 2. The number of carbonyl (C=O) groups excluding carboxylic acids is 2. The van der Waals surface area contributed by atoms with Crippen LogP contribution in [0.1, 0.15) is 52.2 Å². The lowest BCUT2D eigenvalue weighted by Crippen LogP contribution is -2.41. The van der Waals surface area contributed by atoms with Gasteiger partial charge in [0, 0.05) is 11.1 Å². The van der Waals surface area contributed by atoms with Gasteiger partial charge in [-0.25, -0.2) is 0 Å². The Morgan fingerprint density at radius 2 is 1.29 bits per heavy atom. The van der Waals surface area contributed by atoms with E-state index in [1.54, 1.807) is 48.5 Å². The Labute approximate surface area is 200 Å². The van der Waals surface area contributed by atoms with E-state index in [0.717, 1.165) is 18.6 Å². The predicted molar refractivity (Wildman–Crippen MR) is 131 cm³/mol. The average Bonchev–Trinajstić information content (AvgIpc) is 2.88. The molecule has 0 heterocycles. The molecule has 178 valence electrons. The molecule has 3 rings (SSSR count). The van der Waals surface area contributed by atoms with E-state index in [9.17, 15) is 9.59 Å². The lowest BCUT2D eigenvalue weighted by molar-refractivity contribution is 0.0883. The smallest absolute Gasteiger partial charge is 0.253 e. The summed E-state index contributed by atoms with van der Waals surface area (Å²) < 4.78 is 16.2. The summed E-state index contributed by atoms with van der Waals surface area (Å²) in [6.45, 7) is 2.74. The van der Waals surface area contributed by atoms with Crippen LogP contribution >= 0.6 is 0 Å². The molecule has 2 amide bonds. The largest absolute Gasteiger partial charge is 0.497 e. The maximum atomic E-state index is 13.0. The van der Waals surface area contributed by atoms with Crippen LogP contribution in [0.5, 0.6) is 17.2 Å². The monoisotopic (exact) mass is 462 g/mol. The SMILES string of the molecule is CCCCOc1ccc(C(NC(=O)c2cccc(OC)c2)NC(=O)c2cccc(OC)c2)cc1. The van der Waals surface area contributed by atoms with E-state index >= 15 is 0 Å². The summed E-state index contributed by atoms with van der Waals surface area (Å²) in [7, 11) is 3.08. The zero-order valence-electron chi connectivity index (χ0n) is 19.7. The molecule has 0 aliphatic rings. The van der Waals surface area contributed by atoms with Crippen molar-refractivity contribution >= 4 is 11.8 Å². The maximum Gasteiger partial charge on any atom is 0.253 e. The zero-order valence-corrected chi connectivity index (χ0v) is 19.7. The number of hydrogen-bond donors (Lipinski definition) is 2. The number of carbonyl (C=O) groups is 2. The van der Waals surface area contributed by atoms with Crippen molar-refractivity contribution in [2.75, 3.05) is 20.8 Å². The van der Waals surface area contributed by atoms with Crippen molar-refractivity contribution in [2.45, 2.75) is 25.9 Å². The highest BCUT2D eigenvalue weighted by atomic mass is 16.5. The molecule has 0 aliphatic carbocycles. The first kappa shape index (κ1) is 24.6. The van der Waals surface area contributed by atoms with Gasteiger partial charge in [-0.3, -0.25) is 9.59 Å². The van der Waals surface area contributed by atoms with Crippen LogP contribution in [-0.4, -0.2) is 32.6 Å². The normalized spacial score (nSPS) is 10.5. The van der Waals surface area contributed by atoms with Crippen LogP contribution in [-0.2, 0) is 0 Å². The van der Waals surface area contributed by atoms with Gasteiger partial charge in [0.05, 0.1) is 20.8 Å². The van der Waals surface area contributed by atoms with Crippen molar-refractivity contribution in [3.8, 4) is 17.2 Å². The second kappa shape index (κ2) is 12.3. The van der Waals surface area contributed by atoms with Crippen LogP contribution in [0.4, 0.5) is 0 Å². The first-order valence-corrected chi connectivity index (χ1v) is 11.2. The molecule has 3 aromatic rings. The molecule has 0 aromatic heterocycles. The summed E-state index contributed by atoms with van der Waals surface area (Å²) in [5.74, 6) is 1.17. The molecule has 0 fully saturated rings. The highest BCUT2D eigenvalue weighted by Crippen LogP contribution is 2.20. The Morgan fingerprint density at radius 1 is 0.765 bits per heavy atom. The first-order chi connectivity index (χ1) is 16.5. The minimum Gasteiger partial charge on any atom is -0.497 e. The molecule has 0 atom stereocenters. The summed E-state index contributed by atoms with van der Waals surface area (Å²) >= 11 is 0. The molecular weight excluding hydrogens is 432 g/mol. The minimum atomic E-state index is -0.776. The quantitative estimate of drug-likeness (QED) is 0.318. The lowest BCUT2D eigenvalue weighted by atomic mass is 10.1. The molecule has 2 N–H and O–H groups in total. The average molecular weight is 463 g/mol. The fraction of sp³-hybridized carbons (Fsp3) is 0.259. The Balaban J connectivity index is 1.82. The van der Waals surface area contributed by atoms with E-state index in [-0.39, 0.29) is 11.8 Å². The molecule has 0 unspecified atom stereocenters. The molecule has 0 radical (unpaired) electrons. The van der Waals surface area contributed by atoms with Crippen LogP contribution < -0.4 is 24.8 Å². The second-order valence-electron chi connectivity index (χ2n) is 7.61. The number of hydrogen-bond acceptors (Lipinski definition) is 5. The predicted octanol–water partition coefficient (Wildman–Crippen LogP) is 4.74. The van der Waals surface area contributed by atoms with Crippen LogP contribution in [0.25, 0.3) is 0 Å². The second-order valence-corrected chi connectivity index (χ2v) is 7.61. The fourth-order valence-electron chi connectivity index (χ4n) is 3.25. The third-order valence-corrected chi connectivity index (χ3v) is 5.19. The molecule has 7 heteroatoms. The van der Waals surface area contributed by atoms with Gasteiger partial charge in [-0.1, -0.05) is 37.6 Å². The highest BCUT2D eigenvalue weighted by molar-refractivity contribution is 5.97. The third kappa shape index (κ3) is 6.75. The summed E-state index contributed by atoms with van der Waals surface area (Å²) in [6.07, 6.45) is 1.24. The molecule has 0 spiro atoms. The number of rotatable bonds is 11. The van der Waals surface area contributed by atoms with Gasteiger partial charge in [-0.15, -0.1) is 0 Å². The van der Waals surface area contributed by atoms with E-state index in [1.807, 2.05) is 24.3 Å². The van der Waals surface area contributed by atoms with E-state index < -0.39 is 6.17 Å². The van der Waals surface area contributed by atoms with Crippen LogP contribution in [0.3, 0.4) is 0 Å². The molecule has 0 bridgehead atoms. The summed E-state index contributed by atoms with van der Waals surface area (Å²) in [6, 6.07) is 20.9. The maximum absolute atomic E-state index is 13.0. The summed E-state index contributed by atoms with van der Waals surface area (Å²) in [5, 5.41) is 5.81. The zero-order chi connectivity index (χ0) is 24.3. The van der Waals surface area contributed by atoms with Gasteiger partial charge >= 0.3 is 0 Å². The van der Waals surface area contributed by atoms with Gasteiger partial charge in [0.15, 0.2) is 0 Å². The van der Waals surface area contributed by atoms with Crippen LogP contribution in [0.2, 0.25) is 0 Å². The Hall–Kier alpha value is -4.00. The molecule has 3 aromatic carbocycles. The van der Waals surface area contributed by atoms with Gasteiger partial charge in [0.1, 0.15) is 23.4 Å². The van der Waals surface area contributed by atoms with Crippen molar-refractivity contribution in [3.63, 3.8) is 0 Å². The van der Waals surface area contributed by atoms with E-state index in [0.29, 0.717) is 34.8 Å². The van der Waals surface area contributed by atoms with Crippen molar-refractivity contribution in [1.29, 1.82) is 0 Å². The highest BCUT2D eigenvalue weighted by Gasteiger charge is 2.20. The Kier molecular flexibility index (Phi) is 8.91. The van der Waals surface area contributed by atoms with Crippen molar-refractivity contribution < 1.29 is 23.8 Å². The Morgan fingerprint density at radius 3 is 1.76 bits per heavy atom. The molecule has 7 nitrogen and oxygen atoms in total. The van der Waals surface area contributed by atoms with E-state index in [4.69, 9.17) is 14.2 Å². The van der Waals surface area contributed by atoms with Crippen LogP contribution in [0.15, 0.2) is 72.8 Å².